The highest BCUT2D eigenvalue weighted by molar-refractivity contribution is 7.89. The van der Waals surface area contributed by atoms with Gasteiger partial charge in [0.15, 0.2) is 15.8 Å². The van der Waals surface area contributed by atoms with Crippen molar-refractivity contribution in [3.8, 4) is 0 Å². The maximum atomic E-state index is 13.6. The van der Waals surface area contributed by atoms with Crippen LogP contribution in [0.2, 0.25) is 0 Å². The van der Waals surface area contributed by atoms with E-state index in [0.717, 1.165) is 11.8 Å². The second kappa shape index (κ2) is 8.59. The van der Waals surface area contributed by atoms with Gasteiger partial charge in [-0.05, 0) is 41.5 Å². The molecule has 2 unspecified atom stereocenters. The Morgan fingerprint density at radius 1 is 1.22 bits per heavy atom. The highest BCUT2D eigenvalue weighted by Gasteiger charge is 2.43. The molecule has 1 aromatic carbocycles. The van der Waals surface area contributed by atoms with E-state index in [9.17, 15) is 12.8 Å². The van der Waals surface area contributed by atoms with Gasteiger partial charge in [0.25, 0.3) is 0 Å². The summed E-state index contributed by atoms with van der Waals surface area (Å²) in [5, 5.41) is 6.68. The topological polar surface area (TPSA) is 70.6 Å². The molecule has 0 radical (unpaired) electrons. The van der Waals surface area contributed by atoms with E-state index in [4.69, 9.17) is 0 Å². The number of sulfone groups is 1. The molecule has 5 nitrogen and oxygen atoms in total. The fourth-order valence-electron chi connectivity index (χ4n) is 4.20. The first-order chi connectivity index (χ1) is 12.9. The van der Waals surface area contributed by atoms with Gasteiger partial charge in [0.05, 0.1) is 5.75 Å². The molecule has 27 heavy (non-hydrogen) atoms. The minimum atomic E-state index is -3.18. The maximum absolute atomic E-state index is 13.6. The minimum absolute atomic E-state index is 0.0945. The van der Waals surface area contributed by atoms with Crippen molar-refractivity contribution in [3.05, 3.63) is 35.1 Å². The zero-order valence-corrected chi connectivity index (χ0v) is 17.0. The van der Waals surface area contributed by atoms with Crippen molar-refractivity contribution in [3.63, 3.8) is 0 Å². The summed E-state index contributed by atoms with van der Waals surface area (Å²) < 4.78 is 36.9. The molecule has 0 amide bonds. The molecule has 0 saturated heterocycles. The van der Waals surface area contributed by atoms with Gasteiger partial charge in [-0.15, -0.1) is 0 Å². The van der Waals surface area contributed by atoms with E-state index in [-0.39, 0.29) is 11.6 Å². The average Bonchev–Trinajstić information content (AvgIpc) is 3.39. The van der Waals surface area contributed by atoms with Crippen molar-refractivity contribution in [2.45, 2.75) is 56.9 Å². The Morgan fingerprint density at radius 2 is 1.96 bits per heavy atom. The first kappa shape index (κ1) is 20.1. The number of aliphatic imine (C=N–C) groups is 1. The smallest absolute Gasteiger partial charge is 0.191 e. The molecule has 2 aliphatic carbocycles. The van der Waals surface area contributed by atoms with Gasteiger partial charge in [-0.3, -0.25) is 4.99 Å². The first-order valence-corrected chi connectivity index (χ1v) is 11.8. The van der Waals surface area contributed by atoms with Gasteiger partial charge in [0, 0.05) is 25.9 Å². The fraction of sp³-hybridized carbons (Fsp3) is 0.650. The molecule has 2 aliphatic rings. The minimum Gasteiger partial charge on any atom is -0.353 e. The number of guanidine groups is 1. The summed E-state index contributed by atoms with van der Waals surface area (Å²) in [6, 6.07) is 4.70. The standard InChI is InChI=1S/C20H30FN3O2S/c1-22-20(24-19-11-18(19)14-6-4-3-5-7-14)23-12-16-10-17(21)9-8-15(16)13-27(2,25)26/h8-10,14,18-19H,3-7,11-13H2,1-2H3,(H2,22,23,24). The largest absolute Gasteiger partial charge is 0.353 e. The second-order valence-electron chi connectivity index (χ2n) is 7.96. The highest BCUT2D eigenvalue weighted by atomic mass is 32.2. The average molecular weight is 396 g/mol. The first-order valence-electron chi connectivity index (χ1n) is 9.78. The van der Waals surface area contributed by atoms with Crippen LogP contribution < -0.4 is 10.6 Å². The second-order valence-corrected chi connectivity index (χ2v) is 10.1. The maximum Gasteiger partial charge on any atom is 0.191 e. The van der Waals surface area contributed by atoms with Crippen molar-refractivity contribution >= 4 is 15.8 Å². The number of halogens is 1. The summed E-state index contributed by atoms with van der Waals surface area (Å²) in [6.07, 6.45) is 9.12. The summed E-state index contributed by atoms with van der Waals surface area (Å²) in [4.78, 5) is 4.27. The van der Waals surface area contributed by atoms with Crippen LogP contribution >= 0.6 is 0 Å². The van der Waals surface area contributed by atoms with E-state index in [1.54, 1.807) is 13.1 Å². The third-order valence-electron chi connectivity index (χ3n) is 5.67. The van der Waals surface area contributed by atoms with Crippen molar-refractivity contribution in [2.24, 2.45) is 16.8 Å². The van der Waals surface area contributed by atoms with Crippen molar-refractivity contribution < 1.29 is 12.8 Å². The van der Waals surface area contributed by atoms with Gasteiger partial charge in [-0.25, -0.2) is 12.8 Å². The Bertz CT molecular complexity index is 788. The van der Waals surface area contributed by atoms with E-state index in [2.05, 4.69) is 15.6 Å². The van der Waals surface area contributed by atoms with Crippen molar-refractivity contribution in [2.75, 3.05) is 13.3 Å². The third-order valence-corrected chi connectivity index (χ3v) is 6.51. The lowest BCUT2D eigenvalue weighted by Gasteiger charge is -2.22. The van der Waals surface area contributed by atoms with Crippen LogP contribution in [0.4, 0.5) is 4.39 Å². The Kier molecular flexibility index (Phi) is 6.40. The molecule has 0 bridgehead atoms. The van der Waals surface area contributed by atoms with Gasteiger partial charge >= 0.3 is 0 Å². The zero-order valence-electron chi connectivity index (χ0n) is 16.2. The van der Waals surface area contributed by atoms with Gasteiger partial charge < -0.3 is 10.6 Å². The lowest BCUT2D eigenvalue weighted by molar-refractivity contribution is 0.315. The SMILES string of the molecule is CN=C(NCc1cc(F)ccc1CS(C)(=O)=O)NC1CC1C1CCCCC1. The van der Waals surface area contributed by atoms with E-state index < -0.39 is 9.84 Å². The third kappa shape index (κ3) is 5.92. The van der Waals surface area contributed by atoms with Gasteiger partial charge in [0.2, 0.25) is 0 Å². The summed E-state index contributed by atoms with van der Waals surface area (Å²) in [5.74, 6) is 1.79. The molecule has 7 heteroatoms. The molecule has 1 aromatic rings. The van der Waals surface area contributed by atoms with Crippen LogP contribution in [0.3, 0.4) is 0 Å². The Labute approximate surface area is 161 Å². The molecule has 0 heterocycles. The molecule has 0 spiro atoms. The summed E-state index contributed by atoms with van der Waals surface area (Å²) in [7, 11) is -1.46. The van der Waals surface area contributed by atoms with E-state index in [1.165, 1.54) is 56.9 Å². The summed E-state index contributed by atoms with van der Waals surface area (Å²) in [5.41, 5.74) is 1.26. The Balaban J connectivity index is 1.56. The van der Waals surface area contributed by atoms with Crippen LogP contribution in [0.5, 0.6) is 0 Å². The Hall–Kier alpha value is -1.63. The van der Waals surface area contributed by atoms with Crippen LogP contribution in [0.15, 0.2) is 23.2 Å². The molecule has 2 fully saturated rings. The molecule has 2 atom stereocenters. The molecular formula is C20H30FN3O2S. The van der Waals surface area contributed by atoms with Gasteiger partial charge in [-0.2, -0.15) is 0 Å². The zero-order chi connectivity index (χ0) is 19.4. The molecule has 0 aliphatic heterocycles. The molecule has 150 valence electrons. The number of hydrogen-bond donors (Lipinski definition) is 2. The van der Waals surface area contributed by atoms with E-state index >= 15 is 0 Å². The number of nitrogens with zero attached hydrogens (tertiary/aromatic N) is 1. The lowest BCUT2D eigenvalue weighted by atomic mass is 9.85. The van der Waals surface area contributed by atoms with E-state index in [1.807, 2.05) is 0 Å². The summed E-state index contributed by atoms with van der Waals surface area (Å²) in [6.45, 7) is 0.336. The molecule has 2 N–H and O–H groups in total. The van der Waals surface area contributed by atoms with E-state index in [0.29, 0.717) is 29.7 Å². The van der Waals surface area contributed by atoms with Crippen LogP contribution in [-0.4, -0.2) is 33.7 Å². The van der Waals surface area contributed by atoms with Gasteiger partial charge in [0.1, 0.15) is 5.82 Å². The van der Waals surface area contributed by atoms with Crippen molar-refractivity contribution in [1.82, 2.24) is 10.6 Å². The van der Waals surface area contributed by atoms with Gasteiger partial charge in [-0.1, -0.05) is 38.2 Å². The van der Waals surface area contributed by atoms with Crippen LogP contribution in [-0.2, 0) is 22.1 Å². The molecule has 0 aromatic heterocycles. The quantitative estimate of drug-likeness (QED) is 0.574. The van der Waals surface area contributed by atoms with Crippen LogP contribution in [0.25, 0.3) is 0 Å². The lowest BCUT2D eigenvalue weighted by Crippen LogP contribution is -2.39. The van der Waals surface area contributed by atoms with Crippen LogP contribution in [0, 0.1) is 17.7 Å². The molecule has 3 rings (SSSR count). The predicted molar refractivity (Wildman–Crippen MR) is 107 cm³/mol. The Morgan fingerprint density at radius 3 is 2.63 bits per heavy atom. The van der Waals surface area contributed by atoms with Crippen molar-refractivity contribution in [1.29, 1.82) is 0 Å². The van der Waals surface area contributed by atoms with Crippen LogP contribution in [0.1, 0.15) is 49.7 Å². The summed E-state index contributed by atoms with van der Waals surface area (Å²) >= 11 is 0. The fourth-order valence-corrected chi connectivity index (χ4v) is 5.04. The molecular weight excluding hydrogens is 365 g/mol. The monoisotopic (exact) mass is 395 g/mol. The number of rotatable bonds is 6. The number of nitrogens with one attached hydrogen (secondary N) is 2. The number of hydrogen-bond acceptors (Lipinski definition) is 3. The normalized spacial score (nSPS) is 23.9. The molecule has 2 saturated carbocycles. The highest BCUT2D eigenvalue weighted by Crippen LogP contribution is 2.44. The number of benzene rings is 1. The predicted octanol–water partition coefficient (Wildman–Crippen LogP) is 3.00.